The first kappa shape index (κ1) is 24.3. The number of hydrogen-bond acceptors (Lipinski definition) is 3. The van der Waals surface area contributed by atoms with E-state index in [9.17, 15) is 13.6 Å². The van der Waals surface area contributed by atoms with Gasteiger partial charge in [-0.1, -0.05) is 42.5 Å². The van der Waals surface area contributed by atoms with E-state index in [1.54, 1.807) is 17.4 Å². The van der Waals surface area contributed by atoms with Gasteiger partial charge in [0, 0.05) is 37.2 Å². The van der Waals surface area contributed by atoms with Crippen molar-refractivity contribution in [2.75, 3.05) is 32.7 Å². The molecule has 0 bridgehead atoms. The van der Waals surface area contributed by atoms with E-state index in [0.717, 1.165) is 68.0 Å². The van der Waals surface area contributed by atoms with Gasteiger partial charge in [-0.05, 0) is 88.6 Å². The molecule has 3 nitrogen and oxygen atoms in total. The van der Waals surface area contributed by atoms with Crippen molar-refractivity contribution in [2.24, 2.45) is 5.92 Å². The molecule has 2 saturated heterocycles. The minimum Gasteiger partial charge on any atom is -0.338 e. The van der Waals surface area contributed by atoms with Crippen LogP contribution < -0.4 is 0 Å². The molecule has 1 aromatic heterocycles. The highest BCUT2D eigenvalue weighted by molar-refractivity contribution is 7.08. The van der Waals surface area contributed by atoms with Gasteiger partial charge in [-0.2, -0.15) is 11.3 Å². The lowest BCUT2D eigenvalue weighted by molar-refractivity contribution is 0.0783. The quantitative estimate of drug-likeness (QED) is 0.288. The van der Waals surface area contributed by atoms with Gasteiger partial charge in [0.15, 0.2) is 0 Å². The van der Waals surface area contributed by atoms with Gasteiger partial charge in [0.1, 0.15) is 11.6 Å². The number of benzene rings is 3. The van der Waals surface area contributed by atoms with Crippen molar-refractivity contribution >= 4 is 28.0 Å². The molecule has 2 aliphatic rings. The highest BCUT2D eigenvalue weighted by Gasteiger charge is 2.38. The fraction of sp³-hybridized carbons (Fsp3) is 0.323. The summed E-state index contributed by atoms with van der Waals surface area (Å²) in [5.41, 5.74) is 2.71. The second-order valence-electron chi connectivity index (χ2n) is 10.4. The van der Waals surface area contributed by atoms with Crippen LogP contribution in [0.25, 0.3) is 10.8 Å². The van der Waals surface area contributed by atoms with Gasteiger partial charge in [-0.3, -0.25) is 4.79 Å². The van der Waals surface area contributed by atoms with E-state index in [-0.39, 0.29) is 11.8 Å². The SMILES string of the molecule is O=C(c1cccc2ccccc12)N1CC(CN2CCC(c3ccc(F)cc3F)CC2)[C@H](c2ccsc2)C1. The number of carbonyl (C=O) groups excluding carboxylic acids is 1. The molecule has 4 aromatic rings. The molecule has 1 unspecified atom stereocenters. The van der Waals surface area contributed by atoms with Crippen LogP contribution in [-0.4, -0.2) is 48.4 Å². The topological polar surface area (TPSA) is 23.6 Å². The van der Waals surface area contributed by atoms with E-state index in [4.69, 9.17) is 0 Å². The van der Waals surface area contributed by atoms with Crippen LogP contribution in [0.1, 0.15) is 46.2 Å². The average molecular weight is 517 g/mol. The largest absolute Gasteiger partial charge is 0.338 e. The lowest BCUT2D eigenvalue weighted by atomic mass is 9.87. The van der Waals surface area contributed by atoms with E-state index in [1.807, 2.05) is 35.2 Å². The molecule has 6 heteroatoms. The third-order valence-corrected chi connectivity index (χ3v) is 8.90. The summed E-state index contributed by atoms with van der Waals surface area (Å²) in [6, 6.07) is 20.2. The van der Waals surface area contributed by atoms with Gasteiger partial charge >= 0.3 is 0 Å². The van der Waals surface area contributed by atoms with E-state index in [0.29, 0.717) is 17.4 Å². The van der Waals surface area contributed by atoms with Crippen LogP contribution in [-0.2, 0) is 0 Å². The summed E-state index contributed by atoms with van der Waals surface area (Å²) in [6.07, 6.45) is 1.72. The highest BCUT2D eigenvalue weighted by atomic mass is 32.1. The average Bonchev–Trinajstić information content (AvgIpc) is 3.59. The van der Waals surface area contributed by atoms with Crippen molar-refractivity contribution < 1.29 is 13.6 Å². The number of hydrogen-bond donors (Lipinski definition) is 0. The summed E-state index contributed by atoms with van der Waals surface area (Å²) in [7, 11) is 0. The second kappa shape index (κ2) is 10.3. The number of carbonyl (C=O) groups is 1. The lowest BCUT2D eigenvalue weighted by Gasteiger charge is -2.34. The Kier molecular flexibility index (Phi) is 6.78. The zero-order chi connectivity index (χ0) is 25.4. The molecule has 2 atom stereocenters. The number of rotatable bonds is 5. The first-order valence-corrected chi connectivity index (χ1v) is 14.0. The Labute approximate surface area is 220 Å². The number of likely N-dealkylation sites (tertiary alicyclic amines) is 2. The molecule has 0 saturated carbocycles. The molecule has 37 heavy (non-hydrogen) atoms. The third-order valence-electron chi connectivity index (χ3n) is 8.20. The summed E-state index contributed by atoms with van der Waals surface area (Å²) in [5.74, 6) is -0.0935. The van der Waals surface area contributed by atoms with Gasteiger partial charge in [0.05, 0.1) is 0 Å². The maximum Gasteiger partial charge on any atom is 0.254 e. The number of nitrogens with zero attached hydrogens (tertiary/aromatic N) is 2. The number of fused-ring (bicyclic) bond motifs is 1. The molecule has 3 heterocycles. The maximum absolute atomic E-state index is 14.3. The van der Waals surface area contributed by atoms with Gasteiger partial charge in [-0.25, -0.2) is 8.78 Å². The zero-order valence-corrected chi connectivity index (χ0v) is 21.5. The normalized spacial score (nSPS) is 21.1. The van der Waals surface area contributed by atoms with Gasteiger partial charge < -0.3 is 9.80 Å². The Balaban J connectivity index is 1.17. The van der Waals surface area contributed by atoms with Crippen molar-refractivity contribution in [3.63, 3.8) is 0 Å². The Morgan fingerprint density at radius 3 is 2.54 bits per heavy atom. The van der Waals surface area contributed by atoms with Crippen LogP contribution in [0.4, 0.5) is 8.78 Å². The molecule has 1 amide bonds. The summed E-state index contributed by atoms with van der Waals surface area (Å²) in [5, 5.41) is 6.41. The molecule has 0 radical (unpaired) electrons. The van der Waals surface area contributed by atoms with Crippen LogP contribution in [0, 0.1) is 17.6 Å². The third kappa shape index (κ3) is 4.92. The predicted octanol–water partition coefficient (Wildman–Crippen LogP) is 6.91. The Morgan fingerprint density at radius 1 is 0.946 bits per heavy atom. The van der Waals surface area contributed by atoms with Crippen molar-refractivity contribution in [2.45, 2.75) is 24.7 Å². The summed E-state index contributed by atoms with van der Waals surface area (Å²) in [4.78, 5) is 18.2. The number of thiophene rings is 1. The molecule has 0 spiro atoms. The fourth-order valence-electron chi connectivity index (χ4n) is 6.26. The van der Waals surface area contributed by atoms with Crippen molar-refractivity contribution in [1.29, 1.82) is 0 Å². The van der Waals surface area contributed by atoms with E-state index < -0.39 is 11.6 Å². The zero-order valence-electron chi connectivity index (χ0n) is 20.7. The van der Waals surface area contributed by atoms with E-state index >= 15 is 0 Å². The maximum atomic E-state index is 14.3. The molecular weight excluding hydrogens is 486 g/mol. The molecule has 6 rings (SSSR count). The summed E-state index contributed by atoms with van der Waals surface area (Å²) in [6.45, 7) is 4.13. The smallest absolute Gasteiger partial charge is 0.254 e. The highest BCUT2D eigenvalue weighted by Crippen LogP contribution is 2.37. The standard InChI is InChI=1S/C31H30F2N2OS/c32-25-8-9-27(30(33)16-25)22-10-13-34(14-11-22)17-24-18-35(19-29(24)23-12-15-37-20-23)31(36)28-7-3-5-21-4-1-2-6-26(21)28/h1-9,12,15-16,20,22,24,29H,10-11,13-14,17-19H2/t24?,29-/m0/s1. The summed E-state index contributed by atoms with van der Waals surface area (Å²) < 4.78 is 27.7. The monoisotopic (exact) mass is 516 g/mol. The van der Waals surface area contributed by atoms with Crippen molar-refractivity contribution in [3.8, 4) is 0 Å². The van der Waals surface area contributed by atoms with Crippen molar-refractivity contribution in [3.05, 3.63) is 106 Å². The molecule has 3 aromatic carbocycles. The minimum atomic E-state index is -0.526. The van der Waals surface area contributed by atoms with Gasteiger partial charge in [0.2, 0.25) is 0 Å². The van der Waals surface area contributed by atoms with Crippen LogP contribution >= 0.6 is 11.3 Å². The molecule has 2 fully saturated rings. The molecule has 2 aliphatic heterocycles. The molecule has 190 valence electrons. The van der Waals surface area contributed by atoms with Crippen molar-refractivity contribution in [1.82, 2.24) is 9.80 Å². The number of amides is 1. The first-order chi connectivity index (χ1) is 18.1. The molecular formula is C31H30F2N2OS. The predicted molar refractivity (Wildman–Crippen MR) is 145 cm³/mol. The Hall–Kier alpha value is -3.09. The van der Waals surface area contributed by atoms with Crippen LogP contribution in [0.5, 0.6) is 0 Å². The Bertz CT molecular complexity index is 1390. The minimum absolute atomic E-state index is 0.102. The number of halogens is 2. The molecule has 0 N–H and O–H groups in total. The fourth-order valence-corrected chi connectivity index (χ4v) is 6.98. The second-order valence-corrected chi connectivity index (χ2v) is 11.2. The number of piperidine rings is 1. The summed E-state index contributed by atoms with van der Waals surface area (Å²) >= 11 is 1.70. The van der Waals surface area contributed by atoms with Crippen LogP contribution in [0.2, 0.25) is 0 Å². The van der Waals surface area contributed by atoms with Gasteiger partial charge in [0.25, 0.3) is 5.91 Å². The van der Waals surface area contributed by atoms with Gasteiger partial charge in [-0.15, -0.1) is 0 Å². The molecule has 0 aliphatic carbocycles. The lowest BCUT2D eigenvalue weighted by Crippen LogP contribution is -2.38. The van der Waals surface area contributed by atoms with E-state index in [1.165, 1.54) is 11.6 Å². The Morgan fingerprint density at radius 2 is 1.76 bits per heavy atom. The van der Waals surface area contributed by atoms with Crippen LogP contribution in [0.15, 0.2) is 77.5 Å². The van der Waals surface area contributed by atoms with E-state index in [2.05, 4.69) is 33.9 Å². The first-order valence-electron chi connectivity index (χ1n) is 13.0. The van der Waals surface area contributed by atoms with Crippen LogP contribution in [0.3, 0.4) is 0 Å².